The van der Waals surface area contributed by atoms with Gasteiger partial charge in [0.15, 0.2) is 0 Å². The number of hydrogen-bond acceptors (Lipinski definition) is 3. The summed E-state index contributed by atoms with van der Waals surface area (Å²) in [6, 6.07) is 0. The molecular formula is C2H9NNa2O2. The van der Waals surface area contributed by atoms with Crippen molar-refractivity contribution < 1.29 is 69.3 Å². The maximum Gasteiger partial charge on any atom is 1.00 e. The van der Waals surface area contributed by atoms with Gasteiger partial charge in [-0.3, -0.25) is 0 Å². The summed E-state index contributed by atoms with van der Waals surface area (Å²) < 4.78 is 0. The molecule has 0 aliphatic heterocycles. The van der Waals surface area contributed by atoms with Crippen LogP contribution in [0.4, 0.5) is 0 Å². The van der Waals surface area contributed by atoms with Gasteiger partial charge in [-0.15, -0.1) is 0 Å². The van der Waals surface area contributed by atoms with Crippen LogP contribution < -0.4 is 75.5 Å². The van der Waals surface area contributed by atoms with Crippen molar-refractivity contribution in [1.82, 2.24) is 6.15 Å². The van der Waals surface area contributed by atoms with E-state index >= 15 is 0 Å². The standard InChI is InChI=1S/2CH3O.H3N.2Na/c2*1-2;;;/h2*1H3;1H3;;/q2*-1;;2*+1. The van der Waals surface area contributed by atoms with E-state index in [0.29, 0.717) is 0 Å². The fourth-order valence-corrected chi connectivity index (χ4v) is 0. The monoisotopic (exact) mass is 125 g/mol. The van der Waals surface area contributed by atoms with Crippen LogP contribution >= 0.6 is 0 Å². The zero-order valence-corrected chi connectivity index (χ0v) is 9.52. The molecule has 0 aromatic rings. The predicted molar refractivity (Wildman–Crippen MR) is 16.9 cm³/mol. The topological polar surface area (TPSA) is 81.1 Å². The summed E-state index contributed by atoms with van der Waals surface area (Å²) in [6.45, 7) is 0. The second kappa shape index (κ2) is 106. The van der Waals surface area contributed by atoms with Gasteiger partial charge in [0.2, 0.25) is 0 Å². The van der Waals surface area contributed by atoms with Gasteiger partial charge in [-0.05, 0) is 0 Å². The number of rotatable bonds is 0. The molecule has 0 radical (unpaired) electrons. The van der Waals surface area contributed by atoms with Crippen LogP contribution in [0, 0.1) is 0 Å². The van der Waals surface area contributed by atoms with Crippen LogP contribution in [0.3, 0.4) is 0 Å². The minimum atomic E-state index is 0. The molecule has 36 valence electrons. The summed E-state index contributed by atoms with van der Waals surface area (Å²) in [5.41, 5.74) is 0. The van der Waals surface area contributed by atoms with E-state index in [4.69, 9.17) is 10.2 Å². The third kappa shape index (κ3) is 77.1. The number of hydrogen-bond donors (Lipinski definition) is 1. The molecule has 0 fully saturated rings. The Kier molecular flexibility index (Phi) is 552. The van der Waals surface area contributed by atoms with Crippen molar-refractivity contribution in [1.29, 1.82) is 0 Å². The molecule has 0 aliphatic carbocycles. The van der Waals surface area contributed by atoms with Gasteiger partial charge in [0.1, 0.15) is 0 Å². The van der Waals surface area contributed by atoms with Crippen LogP contribution in [0.2, 0.25) is 0 Å². The van der Waals surface area contributed by atoms with Gasteiger partial charge in [-0.25, -0.2) is 0 Å². The van der Waals surface area contributed by atoms with E-state index in [9.17, 15) is 0 Å². The van der Waals surface area contributed by atoms with E-state index < -0.39 is 0 Å². The maximum absolute atomic E-state index is 8.25. The molecule has 0 amide bonds. The normalized spacial score (nSPS) is 1.71. The summed E-state index contributed by atoms with van der Waals surface area (Å²) in [6.07, 6.45) is 0. The van der Waals surface area contributed by atoms with Crippen LogP contribution in [-0.2, 0) is 0 Å². The van der Waals surface area contributed by atoms with Crippen molar-refractivity contribution in [3.05, 3.63) is 0 Å². The molecule has 0 aromatic heterocycles. The van der Waals surface area contributed by atoms with E-state index in [0.717, 1.165) is 14.2 Å². The van der Waals surface area contributed by atoms with E-state index in [1.807, 2.05) is 0 Å². The zero-order valence-electron chi connectivity index (χ0n) is 5.52. The van der Waals surface area contributed by atoms with Gasteiger partial charge in [-0.2, -0.15) is 14.2 Å². The van der Waals surface area contributed by atoms with E-state index in [-0.39, 0.29) is 65.3 Å². The maximum atomic E-state index is 8.25. The van der Waals surface area contributed by atoms with Crippen LogP contribution in [0.25, 0.3) is 0 Å². The summed E-state index contributed by atoms with van der Waals surface area (Å²) in [5, 5.41) is 16.5. The Hall–Kier alpha value is 1.88. The molecule has 3 N–H and O–H groups in total. The predicted octanol–water partition coefficient (Wildman–Crippen LogP) is -7.88. The molecule has 0 aromatic carbocycles. The Morgan fingerprint density at radius 3 is 0.714 bits per heavy atom. The smallest absolute Gasteiger partial charge is 0.857 e. The van der Waals surface area contributed by atoms with Crippen molar-refractivity contribution in [2.75, 3.05) is 14.2 Å². The third-order valence-corrected chi connectivity index (χ3v) is 0. The Bertz CT molecular complexity index is 13.7. The first-order valence-electron chi connectivity index (χ1n) is 0.816. The van der Waals surface area contributed by atoms with Gasteiger partial charge < -0.3 is 16.4 Å². The molecule has 0 saturated heterocycles. The average molecular weight is 125 g/mol. The quantitative estimate of drug-likeness (QED) is 0.326. The van der Waals surface area contributed by atoms with Gasteiger partial charge >= 0.3 is 59.1 Å². The first kappa shape index (κ1) is 36.6. The average Bonchev–Trinajstić information content (AvgIpc) is 1.50. The van der Waals surface area contributed by atoms with Gasteiger partial charge in [-0.1, -0.05) is 0 Å². The van der Waals surface area contributed by atoms with Crippen LogP contribution in [-0.4, -0.2) is 14.2 Å². The summed E-state index contributed by atoms with van der Waals surface area (Å²) in [5.74, 6) is 0. The van der Waals surface area contributed by atoms with Crippen molar-refractivity contribution >= 4 is 0 Å². The Labute approximate surface area is 88.7 Å². The Morgan fingerprint density at radius 2 is 0.714 bits per heavy atom. The van der Waals surface area contributed by atoms with Gasteiger partial charge in [0.25, 0.3) is 0 Å². The van der Waals surface area contributed by atoms with Crippen molar-refractivity contribution in [2.24, 2.45) is 0 Å². The molecule has 0 atom stereocenters. The van der Waals surface area contributed by atoms with E-state index in [2.05, 4.69) is 0 Å². The fourth-order valence-electron chi connectivity index (χ4n) is 0. The molecule has 0 saturated carbocycles. The molecule has 7 heavy (non-hydrogen) atoms. The molecule has 5 heteroatoms. The van der Waals surface area contributed by atoms with Crippen LogP contribution in [0.5, 0.6) is 0 Å². The zero-order chi connectivity index (χ0) is 4.00. The summed E-state index contributed by atoms with van der Waals surface area (Å²) >= 11 is 0. The second-order valence-electron chi connectivity index (χ2n) is 0. The van der Waals surface area contributed by atoms with Crippen molar-refractivity contribution in [2.45, 2.75) is 0 Å². The SMILES string of the molecule is C[O-].C[O-].N.[Na+].[Na+]. The van der Waals surface area contributed by atoms with E-state index in [1.165, 1.54) is 0 Å². The molecular weight excluding hydrogens is 116 g/mol. The summed E-state index contributed by atoms with van der Waals surface area (Å²) in [7, 11) is 1.50. The molecule has 0 rings (SSSR count). The minimum Gasteiger partial charge on any atom is -0.857 e. The van der Waals surface area contributed by atoms with Gasteiger partial charge in [0.05, 0.1) is 0 Å². The molecule has 0 spiro atoms. The fraction of sp³-hybridized carbons (Fsp3) is 1.00. The summed E-state index contributed by atoms with van der Waals surface area (Å²) in [4.78, 5) is 0. The molecule has 0 bridgehead atoms. The van der Waals surface area contributed by atoms with Crippen molar-refractivity contribution in [3.8, 4) is 0 Å². The van der Waals surface area contributed by atoms with E-state index in [1.54, 1.807) is 0 Å². The molecule has 3 nitrogen and oxygen atoms in total. The second-order valence-corrected chi connectivity index (χ2v) is 0. The molecule has 0 unspecified atom stereocenters. The molecule has 0 aliphatic rings. The van der Waals surface area contributed by atoms with Crippen LogP contribution in [0.1, 0.15) is 0 Å². The van der Waals surface area contributed by atoms with Crippen LogP contribution in [0.15, 0.2) is 0 Å². The first-order valence-corrected chi connectivity index (χ1v) is 0.816. The van der Waals surface area contributed by atoms with Gasteiger partial charge in [0, 0.05) is 0 Å². The minimum absolute atomic E-state index is 0. The Balaban J connectivity index is -0.00000000267. The third-order valence-electron chi connectivity index (χ3n) is 0. The first-order chi connectivity index (χ1) is 2.00. The van der Waals surface area contributed by atoms with Crippen molar-refractivity contribution in [3.63, 3.8) is 0 Å². The largest absolute Gasteiger partial charge is 1.00 e. The molecule has 0 heterocycles. The Morgan fingerprint density at radius 1 is 0.714 bits per heavy atom.